The molecule has 0 aliphatic heterocycles. The van der Waals surface area contributed by atoms with Gasteiger partial charge in [-0.25, -0.2) is 0 Å². The molecule has 5 heteroatoms. The van der Waals surface area contributed by atoms with Crippen LogP contribution in [-0.2, 0) is 20.5 Å². The molecule has 2 N–H and O–H groups in total. The van der Waals surface area contributed by atoms with Gasteiger partial charge < -0.3 is 5.73 Å². The number of thiol groups is 1. The molecule has 6 heavy (non-hydrogen) atoms. The van der Waals surface area contributed by atoms with Crippen LogP contribution in [0.2, 0.25) is 0 Å². The fourth-order valence-electron chi connectivity index (χ4n) is 0. The van der Waals surface area contributed by atoms with Crippen LogP contribution in [0.5, 0.6) is 0 Å². The Morgan fingerprint density at radius 3 is 1.83 bits per heavy atom. The second-order valence-corrected chi connectivity index (χ2v) is 1.56. The molecule has 0 aromatic rings. The molecule has 0 amide bonds. The van der Waals surface area contributed by atoms with E-state index in [1.54, 1.807) is 0 Å². The standard InChI is InChI=1S/CH3NS2.Au.H2P/c2-1(3)4;;/h(H3,2,3,4);;1H2/q;+1;-1. The summed E-state index contributed by atoms with van der Waals surface area (Å²) in [5.74, 6) is 0. The Morgan fingerprint density at radius 2 is 1.83 bits per heavy atom. The Hall–Kier alpha value is 1.41. The quantitative estimate of drug-likeness (QED) is 0.294. The molecule has 0 heterocycles. The Balaban J connectivity index is 0. The van der Waals surface area contributed by atoms with Crippen LogP contribution in [-0.4, -0.2) is 4.32 Å². The van der Waals surface area contributed by atoms with Crippen LogP contribution in [0.15, 0.2) is 0 Å². The van der Waals surface area contributed by atoms with Crippen molar-refractivity contribution in [3.63, 3.8) is 0 Å². The van der Waals surface area contributed by atoms with Crippen LogP contribution in [0, 0.1) is 0 Å². The van der Waals surface area contributed by atoms with Crippen molar-refractivity contribution in [1.82, 2.24) is 0 Å². The molecule has 0 bridgehead atoms. The molecular weight excluding hydrogens is 318 g/mol. The van der Waals surface area contributed by atoms with Gasteiger partial charge in [-0.2, -0.15) is 0 Å². The molecule has 1 unspecified atom stereocenters. The van der Waals surface area contributed by atoms with Crippen molar-refractivity contribution < 1.29 is 20.5 Å². The zero-order valence-corrected chi connectivity index (χ0v) is 7.84. The molecule has 1 nitrogen and oxygen atoms in total. The fourth-order valence-corrected chi connectivity index (χ4v) is 0. The van der Waals surface area contributed by atoms with Crippen molar-refractivity contribution in [3.05, 3.63) is 0 Å². The van der Waals surface area contributed by atoms with Gasteiger partial charge in [0, 0.05) is 0 Å². The summed E-state index contributed by atoms with van der Waals surface area (Å²) in [5, 5.41) is 0. The molecular formula is CH5AuNPS2. The molecule has 0 rings (SSSR count). The van der Waals surface area contributed by atoms with Crippen LogP contribution in [0.4, 0.5) is 0 Å². The summed E-state index contributed by atoms with van der Waals surface area (Å²) < 4.78 is 0.194. The van der Waals surface area contributed by atoms with E-state index >= 15 is 0 Å². The Kier molecular flexibility index (Phi) is 16.7. The predicted molar refractivity (Wildman–Crippen MR) is 35.5 cm³/mol. The third-order valence-electron chi connectivity index (χ3n) is 0. The first-order valence-corrected chi connectivity index (χ1v) is 5.85. The van der Waals surface area contributed by atoms with Crippen LogP contribution in [0.25, 0.3) is 0 Å². The Bertz CT molecular complexity index is 36.5. The zero-order chi connectivity index (χ0) is 5.58. The van der Waals surface area contributed by atoms with E-state index in [-0.39, 0.29) is 4.32 Å². The van der Waals surface area contributed by atoms with Gasteiger partial charge in [-0.1, -0.05) is 12.2 Å². The average molecular weight is 323 g/mol. The van der Waals surface area contributed by atoms with Crippen molar-refractivity contribution in [2.24, 2.45) is 5.73 Å². The van der Waals surface area contributed by atoms with Gasteiger partial charge in [-0.3, -0.25) is 0 Å². The van der Waals surface area contributed by atoms with E-state index in [1.165, 1.54) is 0 Å². The summed E-state index contributed by atoms with van der Waals surface area (Å²) >= 11 is 9.85. The van der Waals surface area contributed by atoms with Gasteiger partial charge in [-0.15, -0.1) is 12.6 Å². The van der Waals surface area contributed by atoms with Crippen LogP contribution in [0.3, 0.4) is 0 Å². The van der Waals surface area contributed by atoms with Crippen LogP contribution >= 0.6 is 32.0 Å². The first-order chi connectivity index (χ1) is 2.73. The van der Waals surface area contributed by atoms with E-state index in [4.69, 9.17) is 5.73 Å². The van der Waals surface area contributed by atoms with E-state index in [2.05, 4.69) is 52.5 Å². The third kappa shape index (κ3) is 52.9. The molecule has 42 valence electrons. The summed E-state index contributed by atoms with van der Waals surface area (Å²) in [7, 11) is 2.36. The van der Waals surface area contributed by atoms with Gasteiger partial charge in [0.05, 0.1) is 0 Å². The van der Waals surface area contributed by atoms with Gasteiger partial charge in [0.2, 0.25) is 0 Å². The summed E-state index contributed by atoms with van der Waals surface area (Å²) in [4.78, 5) is 0. The van der Waals surface area contributed by atoms with Gasteiger partial charge >= 0.3 is 27.7 Å². The zero-order valence-electron chi connectivity index (χ0n) is 2.81. The van der Waals surface area contributed by atoms with Gasteiger partial charge in [0.25, 0.3) is 0 Å². The SMILES string of the molecule is NC(=S)S.[PH2][Au]. The minimum absolute atomic E-state index is 0.194. The van der Waals surface area contributed by atoms with Crippen molar-refractivity contribution >= 4 is 36.3 Å². The summed E-state index contributed by atoms with van der Waals surface area (Å²) in [5.41, 5.74) is 4.71. The number of hydrogen-bond acceptors (Lipinski definition) is 1. The topological polar surface area (TPSA) is 26.0 Å². The monoisotopic (exact) mass is 323 g/mol. The molecule has 0 aromatic heterocycles. The van der Waals surface area contributed by atoms with E-state index in [0.29, 0.717) is 0 Å². The summed E-state index contributed by atoms with van der Waals surface area (Å²) in [6, 6.07) is 0. The Morgan fingerprint density at radius 1 is 1.83 bits per heavy atom. The number of thiocarbonyl (C=S) groups is 1. The molecule has 0 aromatic carbocycles. The maximum atomic E-state index is 4.71. The second-order valence-electron chi connectivity index (χ2n) is 0.338. The second kappa shape index (κ2) is 9.65. The molecule has 0 saturated heterocycles. The van der Waals surface area contributed by atoms with Gasteiger partial charge in [0.1, 0.15) is 4.32 Å². The molecule has 0 aliphatic rings. The fraction of sp³-hybridized carbons (Fsp3) is 0. The summed E-state index contributed by atoms with van der Waals surface area (Å²) in [6.07, 6.45) is 0. The predicted octanol–water partition coefficient (Wildman–Crippen LogP) is 0.483. The van der Waals surface area contributed by atoms with E-state index in [1.807, 2.05) is 0 Å². The molecule has 0 radical (unpaired) electrons. The average Bonchev–Trinajstić information content (AvgIpc) is 1.41. The van der Waals surface area contributed by atoms with Gasteiger partial charge in [0.15, 0.2) is 0 Å². The van der Waals surface area contributed by atoms with Gasteiger partial charge in [-0.05, 0) is 0 Å². The molecule has 0 spiro atoms. The Labute approximate surface area is 62.4 Å². The first kappa shape index (κ1) is 10.4. The van der Waals surface area contributed by atoms with E-state index < -0.39 is 0 Å². The minimum atomic E-state index is 0.194. The number of nitrogens with two attached hydrogens (primary N) is 1. The molecule has 1 atom stereocenters. The summed E-state index contributed by atoms with van der Waals surface area (Å²) in [6.45, 7) is 0. The van der Waals surface area contributed by atoms with Crippen molar-refractivity contribution in [1.29, 1.82) is 0 Å². The number of rotatable bonds is 0. The van der Waals surface area contributed by atoms with Crippen LogP contribution in [0.1, 0.15) is 0 Å². The first-order valence-electron chi connectivity index (χ1n) is 0.890. The van der Waals surface area contributed by atoms with Crippen molar-refractivity contribution in [3.8, 4) is 0 Å². The molecule has 0 fully saturated rings. The third-order valence-corrected chi connectivity index (χ3v) is 0. The maximum absolute atomic E-state index is 4.71. The molecule has 0 aliphatic carbocycles. The van der Waals surface area contributed by atoms with E-state index in [9.17, 15) is 0 Å². The normalized spacial score (nSPS) is 5.33. The van der Waals surface area contributed by atoms with Crippen LogP contribution < -0.4 is 5.73 Å². The van der Waals surface area contributed by atoms with Crippen molar-refractivity contribution in [2.45, 2.75) is 0 Å². The molecule has 0 saturated carbocycles. The number of hydrogen-bond donors (Lipinski definition) is 2. The van der Waals surface area contributed by atoms with E-state index in [0.717, 1.165) is 0 Å². The van der Waals surface area contributed by atoms with Crippen molar-refractivity contribution in [2.75, 3.05) is 0 Å².